The second-order valence-corrected chi connectivity index (χ2v) is 4.07. The van der Waals surface area contributed by atoms with Gasteiger partial charge in [-0.05, 0) is 36.4 Å². The number of hydrogen-bond acceptors (Lipinski definition) is 3. The van der Waals surface area contributed by atoms with Gasteiger partial charge in [0, 0.05) is 17.4 Å². The summed E-state index contributed by atoms with van der Waals surface area (Å²) in [7, 11) is 1.58. The smallest absolute Gasteiger partial charge is 0.139 e. The molecule has 90 valence electrons. The van der Waals surface area contributed by atoms with E-state index in [0.717, 1.165) is 11.4 Å². The minimum absolute atomic E-state index is 0.572. The number of rotatable bonds is 3. The highest BCUT2D eigenvalue weighted by Gasteiger charge is 2.02. The van der Waals surface area contributed by atoms with Crippen molar-refractivity contribution in [2.24, 2.45) is 0 Å². The Balaban J connectivity index is 2.20. The largest absolute Gasteiger partial charge is 0.495 e. The molecule has 0 aliphatic carbocycles. The number of ether oxygens (including phenoxy) is 1. The molecule has 2 aromatic rings. The molecule has 0 radical (unpaired) electrons. The van der Waals surface area contributed by atoms with Crippen molar-refractivity contribution < 1.29 is 4.74 Å². The average molecular weight is 259 g/mol. The Labute approximate surface area is 111 Å². The lowest BCUT2D eigenvalue weighted by Crippen LogP contribution is -1.92. The molecular formula is C14H11ClN2O. The van der Waals surface area contributed by atoms with Gasteiger partial charge in [-0.15, -0.1) is 0 Å². The van der Waals surface area contributed by atoms with Crippen molar-refractivity contribution in [3.63, 3.8) is 0 Å². The summed E-state index contributed by atoms with van der Waals surface area (Å²) in [6.07, 6.45) is 0. The minimum Gasteiger partial charge on any atom is -0.495 e. The zero-order valence-electron chi connectivity index (χ0n) is 9.77. The number of anilines is 2. The van der Waals surface area contributed by atoms with E-state index in [1.165, 1.54) is 0 Å². The molecule has 1 N–H and O–H groups in total. The fourth-order valence-electron chi connectivity index (χ4n) is 1.53. The molecule has 18 heavy (non-hydrogen) atoms. The van der Waals surface area contributed by atoms with Crippen LogP contribution in [0, 0.1) is 11.3 Å². The van der Waals surface area contributed by atoms with E-state index in [1.807, 2.05) is 24.3 Å². The molecule has 2 rings (SSSR count). The topological polar surface area (TPSA) is 45.0 Å². The molecule has 0 amide bonds. The van der Waals surface area contributed by atoms with E-state index in [0.29, 0.717) is 16.3 Å². The number of nitriles is 1. The third-order valence-corrected chi connectivity index (χ3v) is 2.77. The molecule has 4 heteroatoms. The number of benzene rings is 2. The van der Waals surface area contributed by atoms with Gasteiger partial charge in [0.15, 0.2) is 0 Å². The number of halogens is 1. The highest BCUT2D eigenvalue weighted by molar-refractivity contribution is 6.32. The first-order valence-electron chi connectivity index (χ1n) is 5.33. The van der Waals surface area contributed by atoms with E-state index in [-0.39, 0.29) is 0 Å². The summed E-state index contributed by atoms with van der Waals surface area (Å²) >= 11 is 5.95. The first-order chi connectivity index (χ1) is 8.72. The third-order valence-electron chi connectivity index (χ3n) is 2.45. The molecular weight excluding hydrogens is 248 g/mol. The zero-order valence-corrected chi connectivity index (χ0v) is 10.5. The van der Waals surface area contributed by atoms with Crippen LogP contribution < -0.4 is 10.1 Å². The first-order valence-corrected chi connectivity index (χ1v) is 5.71. The molecule has 0 aliphatic heterocycles. The van der Waals surface area contributed by atoms with Gasteiger partial charge in [0.05, 0.1) is 23.8 Å². The van der Waals surface area contributed by atoms with Crippen LogP contribution in [0.1, 0.15) is 5.56 Å². The summed E-state index contributed by atoms with van der Waals surface area (Å²) in [5.41, 5.74) is 2.41. The number of nitrogens with one attached hydrogen (secondary N) is 1. The maximum Gasteiger partial charge on any atom is 0.139 e. The van der Waals surface area contributed by atoms with Gasteiger partial charge < -0.3 is 10.1 Å². The second-order valence-electron chi connectivity index (χ2n) is 3.66. The lowest BCUT2D eigenvalue weighted by Gasteiger charge is -2.09. The molecule has 2 aromatic carbocycles. The molecule has 0 saturated carbocycles. The summed E-state index contributed by atoms with van der Waals surface area (Å²) in [6, 6.07) is 14.7. The lowest BCUT2D eigenvalue weighted by molar-refractivity contribution is 0.415. The highest BCUT2D eigenvalue weighted by atomic mass is 35.5. The standard InChI is InChI=1S/C14H11ClN2O/c1-18-14-8-12(6-7-13(14)15)17-11-4-2-10(9-16)3-5-11/h2-8,17H,1H3. The molecule has 3 nitrogen and oxygen atoms in total. The monoisotopic (exact) mass is 258 g/mol. The molecule has 0 saturated heterocycles. The molecule has 0 fully saturated rings. The first kappa shape index (κ1) is 12.3. The van der Waals surface area contributed by atoms with Crippen molar-refractivity contribution >= 4 is 23.0 Å². The number of methoxy groups -OCH3 is 1. The van der Waals surface area contributed by atoms with Crippen LogP contribution in [0.15, 0.2) is 42.5 Å². The van der Waals surface area contributed by atoms with Crippen LogP contribution in [0.25, 0.3) is 0 Å². The molecule has 0 aromatic heterocycles. The molecule has 0 atom stereocenters. The van der Waals surface area contributed by atoms with Crippen LogP contribution >= 0.6 is 11.6 Å². The minimum atomic E-state index is 0.572. The molecule has 0 bridgehead atoms. The van der Waals surface area contributed by atoms with Crippen molar-refractivity contribution in [1.29, 1.82) is 5.26 Å². The Bertz CT molecular complexity index is 588. The number of hydrogen-bond donors (Lipinski definition) is 1. The van der Waals surface area contributed by atoms with Gasteiger partial charge in [0.1, 0.15) is 5.75 Å². The highest BCUT2D eigenvalue weighted by Crippen LogP contribution is 2.28. The fourth-order valence-corrected chi connectivity index (χ4v) is 1.73. The van der Waals surface area contributed by atoms with E-state index in [4.69, 9.17) is 21.6 Å². The average Bonchev–Trinajstić information content (AvgIpc) is 2.42. The zero-order chi connectivity index (χ0) is 13.0. The molecule has 0 spiro atoms. The SMILES string of the molecule is COc1cc(Nc2ccc(C#N)cc2)ccc1Cl. The summed E-state index contributed by atoms with van der Waals surface area (Å²) in [4.78, 5) is 0. The van der Waals surface area contributed by atoms with Gasteiger partial charge in [-0.2, -0.15) is 5.26 Å². The van der Waals surface area contributed by atoms with Gasteiger partial charge in [-0.1, -0.05) is 11.6 Å². The Morgan fingerprint density at radius 2 is 1.78 bits per heavy atom. The Kier molecular flexibility index (Phi) is 3.71. The van der Waals surface area contributed by atoms with Crippen LogP contribution in [0.3, 0.4) is 0 Å². The summed E-state index contributed by atoms with van der Waals surface area (Å²) in [6.45, 7) is 0. The van der Waals surface area contributed by atoms with Crippen LogP contribution in [0.2, 0.25) is 5.02 Å². The van der Waals surface area contributed by atoms with Crippen LogP contribution in [-0.2, 0) is 0 Å². The summed E-state index contributed by atoms with van der Waals surface area (Å²) < 4.78 is 5.14. The summed E-state index contributed by atoms with van der Waals surface area (Å²) in [5.74, 6) is 0.621. The van der Waals surface area contributed by atoms with Crippen molar-refractivity contribution in [2.45, 2.75) is 0 Å². The Hall–Kier alpha value is -2.18. The van der Waals surface area contributed by atoms with Crippen molar-refractivity contribution in [3.05, 3.63) is 53.1 Å². The van der Waals surface area contributed by atoms with Crippen molar-refractivity contribution in [1.82, 2.24) is 0 Å². The Morgan fingerprint density at radius 1 is 1.11 bits per heavy atom. The van der Waals surface area contributed by atoms with Gasteiger partial charge >= 0.3 is 0 Å². The maximum atomic E-state index is 8.72. The maximum absolute atomic E-state index is 8.72. The van der Waals surface area contributed by atoms with Gasteiger partial charge in [-0.3, -0.25) is 0 Å². The van der Waals surface area contributed by atoms with Crippen molar-refractivity contribution in [3.8, 4) is 11.8 Å². The van der Waals surface area contributed by atoms with Crippen LogP contribution in [0.5, 0.6) is 5.75 Å². The summed E-state index contributed by atoms with van der Waals surface area (Å²) in [5, 5.41) is 12.5. The normalized spacial score (nSPS) is 9.61. The predicted molar refractivity (Wildman–Crippen MR) is 72.4 cm³/mol. The molecule has 0 aliphatic rings. The van der Waals surface area contributed by atoms with Crippen molar-refractivity contribution in [2.75, 3.05) is 12.4 Å². The van der Waals surface area contributed by atoms with E-state index < -0.39 is 0 Å². The number of nitrogens with zero attached hydrogens (tertiary/aromatic N) is 1. The van der Waals surface area contributed by atoms with E-state index in [9.17, 15) is 0 Å². The fraction of sp³-hybridized carbons (Fsp3) is 0.0714. The van der Waals surface area contributed by atoms with Crippen LogP contribution in [0.4, 0.5) is 11.4 Å². The van der Waals surface area contributed by atoms with E-state index in [1.54, 1.807) is 25.3 Å². The lowest BCUT2D eigenvalue weighted by atomic mass is 10.2. The third kappa shape index (κ3) is 2.73. The molecule has 0 heterocycles. The van der Waals surface area contributed by atoms with E-state index in [2.05, 4.69) is 11.4 Å². The quantitative estimate of drug-likeness (QED) is 0.906. The second kappa shape index (κ2) is 5.44. The Morgan fingerprint density at radius 3 is 2.39 bits per heavy atom. The van der Waals surface area contributed by atoms with E-state index >= 15 is 0 Å². The predicted octanol–water partition coefficient (Wildman–Crippen LogP) is 3.96. The van der Waals surface area contributed by atoms with Gasteiger partial charge in [-0.25, -0.2) is 0 Å². The van der Waals surface area contributed by atoms with Gasteiger partial charge in [0.25, 0.3) is 0 Å². The van der Waals surface area contributed by atoms with Crippen LogP contribution in [-0.4, -0.2) is 7.11 Å². The van der Waals surface area contributed by atoms with Gasteiger partial charge in [0.2, 0.25) is 0 Å². The molecule has 0 unspecified atom stereocenters.